The van der Waals surface area contributed by atoms with E-state index in [0.717, 1.165) is 48.9 Å². The van der Waals surface area contributed by atoms with Gasteiger partial charge in [-0.25, -0.2) is 4.39 Å². The van der Waals surface area contributed by atoms with Crippen LogP contribution in [0.2, 0.25) is 0 Å². The fraction of sp³-hybridized carbons (Fsp3) is 0.409. The number of likely N-dealkylation sites (tertiary alicyclic amines) is 1. The zero-order chi connectivity index (χ0) is 18.3. The minimum absolute atomic E-state index is 0.141. The van der Waals surface area contributed by atoms with Gasteiger partial charge in [0.05, 0.1) is 0 Å². The van der Waals surface area contributed by atoms with Gasteiger partial charge in [0.25, 0.3) is 0 Å². The van der Waals surface area contributed by atoms with Crippen molar-refractivity contribution in [2.45, 2.75) is 44.2 Å². The summed E-state index contributed by atoms with van der Waals surface area (Å²) in [5, 5.41) is 3.59. The average molecular weight is 352 g/mol. The molecule has 2 heterocycles. The second-order valence-electron chi connectivity index (χ2n) is 7.59. The zero-order valence-corrected chi connectivity index (χ0v) is 15.4. The molecule has 0 aliphatic carbocycles. The molecule has 2 aliphatic rings. The molecule has 0 saturated carbocycles. The van der Waals surface area contributed by atoms with Crippen molar-refractivity contribution >= 4 is 5.91 Å². The molecule has 2 saturated heterocycles. The molecule has 0 bridgehead atoms. The summed E-state index contributed by atoms with van der Waals surface area (Å²) in [6, 6.07) is 13.6. The number of halogens is 1. The van der Waals surface area contributed by atoms with Crippen molar-refractivity contribution in [2.24, 2.45) is 0 Å². The van der Waals surface area contributed by atoms with Crippen LogP contribution in [-0.2, 0) is 11.2 Å². The molecular formula is C22H25FN2O. The first kappa shape index (κ1) is 17.2. The number of hydrogen-bond acceptors (Lipinski definition) is 2. The first-order valence-electron chi connectivity index (χ1n) is 9.44. The van der Waals surface area contributed by atoms with Crippen molar-refractivity contribution in [3.8, 4) is 11.1 Å². The smallest absolute Gasteiger partial charge is 0.242 e. The Kier molecular flexibility index (Phi) is 4.31. The van der Waals surface area contributed by atoms with Gasteiger partial charge in [0, 0.05) is 25.2 Å². The maximum Gasteiger partial charge on any atom is 0.242 e. The van der Waals surface area contributed by atoms with Gasteiger partial charge in [0.1, 0.15) is 11.4 Å². The molecule has 2 aromatic carbocycles. The lowest BCUT2D eigenvalue weighted by atomic mass is 9.95. The maximum absolute atomic E-state index is 14.4. The highest BCUT2D eigenvalue weighted by Gasteiger charge is 2.49. The largest absolute Gasteiger partial charge is 0.344 e. The Labute approximate surface area is 154 Å². The van der Waals surface area contributed by atoms with Crippen molar-refractivity contribution in [3.05, 3.63) is 59.4 Å². The Hall–Kier alpha value is -2.20. The standard InChI is InChI=1S/C22H25FN2O/c1-3-15-7-8-19(23)18(13-15)16-5-4-6-17(14-16)20-9-10-22(24-20)11-12-25(2)21(22)26/h4-8,13-14,20,24H,3,9-12H2,1-2H3/t20-,22+/m0/s1. The summed E-state index contributed by atoms with van der Waals surface area (Å²) in [6.45, 7) is 2.89. The highest BCUT2D eigenvalue weighted by molar-refractivity contribution is 5.88. The third-order valence-corrected chi connectivity index (χ3v) is 5.98. The normalized spacial score (nSPS) is 25.4. The van der Waals surface area contributed by atoms with Gasteiger partial charge < -0.3 is 4.90 Å². The van der Waals surface area contributed by atoms with Crippen LogP contribution in [0.5, 0.6) is 0 Å². The van der Waals surface area contributed by atoms with Gasteiger partial charge >= 0.3 is 0 Å². The van der Waals surface area contributed by atoms with Crippen molar-refractivity contribution in [1.29, 1.82) is 0 Å². The summed E-state index contributed by atoms with van der Waals surface area (Å²) in [7, 11) is 1.87. The molecule has 2 atom stereocenters. The van der Waals surface area contributed by atoms with E-state index in [4.69, 9.17) is 0 Å². The van der Waals surface area contributed by atoms with E-state index in [1.165, 1.54) is 0 Å². The molecule has 26 heavy (non-hydrogen) atoms. The molecule has 4 heteroatoms. The number of nitrogens with zero attached hydrogens (tertiary/aromatic N) is 1. The molecule has 0 aromatic heterocycles. The Bertz CT molecular complexity index is 850. The van der Waals surface area contributed by atoms with Crippen LogP contribution >= 0.6 is 0 Å². The molecule has 4 rings (SSSR count). The molecule has 1 spiro atoms. The number of rotatable bonds is 3. The van der Waals surface area contributed by atoms with Gasteiger partial charge in [-0.3, -0.25) is 10.1 Å². The minimum atomic E-state index is -0.400. The van der Waals surface area contributed by atoms with Crippen LogP contribution in [0.3, 0.4) is 0 Å². The molecule has 2 aliphatic heterocycles. The number of aryl methyl sites for hydroxylation is 1. The predicted molar refractivity (Wildman–Crippen MR) is 101 cm³/mol. The van der Waals surface area contributed by atoms with Crippen LogP contribution in [0.15, 0.2) is 42.5 Å². The number of nitrogens with one attached hydrogen (secondary N) is 1. The SMILES string of the molecule is CCc1ccc(F)c(-c2cccc([C@@H]3CC[C@]4(CCN(C)C4=O)N3)c2)c1. The molecular weight excluding hydrogens is 327 g/mol. The molecule has 2 fully saturated rings. The lowest BCUT2D eigenvalue weighted by Crippen LogP contribution is -2.47. The maximum atomic E-state index is 14.4. The number of benzene rings is 2. The van der Waals surface area contributed by atoms with Gasteiger partial charge in [-0.2, -0.15) is 0 Å². The van der Waals surface area contributed by atoms with E-state index in [1.54, 1.807) is 6.07 Å². The van der Waals surface area contributed by atoms with Crippen LogP contribution in [0.4, 0.5) is 4.39 Å². The Balaban J connectivity index is 1.62. The quantitative estimate of drug-likeness (QED) is 0.903. The summed E-state index contributed by atoms with van der Waals surface area (Å²) in [4.78, 5) is 14.3. The fourth-order valence-electron chi connectivity index (χ4n) is 4.35. The van der Waals surface area contributed by atoms with Crippen LogP contribution in [0.25, 0.3) is 11.1 Å². The lowest BCUT2D eigenvalue weighted by Gasteiger charge is -2.23. The number of carbonyl (C=O) groups excluding carboxylic acids is 1. The Morgan fingerprint density at radius 3 is 2.81 bits per heavy atom. The molecule has 0 radical (unpaired) electrons. The van der Waals surface area contributed by atoms with E-state index < -0.39 is 5.54 Å². The predicted octanol–water partition coefficient (Wildman–Crippen LogP) is 4.08. The number of likely N-dealkylation sites (N-methyl/N-ethyl adjacent to an activating group) is 1. The van der Waals surface area contributed by atoms with Crippen LogP contribution < -0.4 is 5.32 Å². The molecule has 1 amide bonds. The molecule has 3 nitrogen and oxygen atoms in total. The second kappa shape index (κ2) is 6.51. The molecule has 0 unspecified atom stereocenters. The third-order valence-electron chi connectivity index (χ3n) is 5.98. The topological polar surface area (TPSA) is 32.3 Å². The van der Waals surface area contributed by atoms with E-state index >= 15 is 0 Å². The summed E-state index contributed by atoms with van der Waals surface area (Å²) in [5.74, 6) is 0.0145. The van der Waals surface area contributed by atoms with E-state index in [9.17, 15) is 9.18 Å². The molecule has 2 aromatic rings. The van der Waals surface area contributed by atoms with Crippen LogP contribution in [0.1, 0.15) is 43.4 Å². The minimum Gasteiger partial charge on any atom is -0.344 e. The van der Waals surface area contributed by atoms with Crippen molar-refractivity contribution in [3.63, 3.8) is 0 Å². The van der Waals surface area contributed by atoms with E-state index in [2.05, 4.69) is 24.4 Å². The summed E-state index contributed by atoms with van der Waals surface area (Å²) < 4.78 is 14.4. The zero-order valence-electron chi connectivity index (χ0n) is 15.4. The highest BCUT2D eigenvalue weighted by atomic mass is 19.1. The van der Waals surface area contributed by atoms with Gasteiger partial charge in [0.15, 0.2) is 0 Å². The van der Waals surface area contributed by atoms with Crippen molar-refractivity contribution in [2.75, 3.05) is 13.6 Å². The lowest BCUT2D eigenvalue weighted by molar-refractivity contribution is -0.131. The molecule has 1 N–H and O–H groups in total. The van der Waals surface area contributed by atoms with E-state index in [-0.39, 0.29) is 17.8 Å². The fourth-order valence-corrected chi connectivity index (χ4v) is 4.35. The summed E-state index contributed by atoms with van der Waals surface area (Å²) >= 11 is 0. The van der Waals surface area contributed by atoms with Crippen molar-refractivity contribution < 1.29 is 9.18 Å². The molecule has 136 valence electrons. The van der Waals surface area contributed by atoms with Crippen LogP contribution in [-0.4, -0.2) is 29.9 Å². The van der Waals surface area contributed by atoms with Gasteiger partial charge in [-0.15, -0.1) is 0 Å². The first-order valence-corrected chi connectivity index (χ1v) is 9.44. The highest BCUT2D eigenvalue weighted by Crippen LogP contribution is 2.39. The monoisotopic (exact) mass is 352 g/mol. The van der Waals surface area contributed by atoms with E-state index in [0.29, 0.717) is 5.56 Å². The number of amides is 1. The number of hydrogen-bond donors (Lipinski definition) is 1. The third kappa shape index (κ3) is 2.82. The summed E-state index contributed by atoms with van der Waals surface area (Å²) in [6.07, 6.45) is 3.55. The van der Waals surface area contributed by atoms with E-state index in [1.807, 2.05) is 36.2 Å². The van der Waals surface area contributed by atoms with Gasteiger partial charge in [-0.05, 0) is 60.6 Å². The Morgan fingerprint density at radius 2 is 2.08 bits per heavy atom. The van der Waals surface area contributed by atoms with Gasteiger partial charge in [0.2, 0.25) is 5.91 Å². The number of carbonyl (C=O) groups is 1. The van der Waals surface area contributed by atoms with Gasteiger partial charge in [-0.1, -0.05) is 31.2 Å². The second-order valence-corrected chi connectivity index (χ2v) is 7.59. The summed E-state index contributed by atoms with van der Waals surface area (Å²) in [5.41, 5.74) is 3.40. The average Bonchev–Trinajstić information content (AvgIpc) is 3.22. The van der Waals surface area contributed by atoms with Crippen molar-refractivity contribution in [1.82, 2.24) is 10.2 Å². The first-order chi connectivity index (χ1) is 12.5. The Morgan fingerprint density at radius 1 is 1.23 bits per heavy atom. The van der Waals surface area contributed by atoms with Crippen LogP contribution in [0, 0.1) is 5.82 Å².